The fourth-order valence-electron chi connectivity index (χ4n) is 4.71. The predicted molar refractivity (Wildman–Crippen MR) is 181 cm³/mol. The molecule has 0 saturated heterocycles. The molecule has 6 atom stereocenters. The number of hydrogen-bond acceptors (Lipinski definition) is 10. The first-order valence-electron chi connectivity index (χ1n) is 17.0. The molecule has 1 unspecified atom stereocenters. The molecule has 0 aromatic rings. The van der Waals surface area contributed by atoms with Gasteiger partial charge in [0.1, 0.15) is 24.2 Å². The molecule has 0 rings (SSSR count). The van der Waals surface area contributed by atoms with E-state index in [9.17, 15) is 43.5 Å². The Labute approximate surface area is 288 Å². The van der Waals surface area contributed by atoms with Gasteiger partial charge in [0.25, 0.3) is 5.91 Å². The second-order valence-corrected chi connectivity index (χ2v) is 12.1. The maximum absolute atomic E-state index is 13.2. The lowest BCUT2D eigenvalue weighted by atomic mass is 10.1. The van der Waals surface area contributed by atoms with Crippen molar-refractivity contribution in [3.8, 4) is 0 Å². The Morgan fingerprint density at radius 2 is 1.22 bits per heavy atom. The fourth-order valence-corrected chi connectivity index (χ4v) is 4.71. The largest absolute Gasteiger partial charge is 0.391 e. The Kier molecular flexibility index (Phi) is 22.8. The highest BCUT2D eigenvalue weighted by molar-refractivity contribution is 6.38. The Hall–Kier alpha value is -4.12. The summed E-state index contributed by atoms with van der Waals surface area (Å²) in [5.74, 6) is -6.79. The molecule has 17 heteroatoms. The van der Waals surface area contributed by atoms with Crippen LogP contribution in [0, 0.1) is 0 Å². The summed E-state index contributed by atoms with van der Waals surface area (Å²) in [6.07, 6.45) is 6.69. The third-order valence-electron chi connectivity index (χ3n) is 7.66. The Balaban J connectivity index is 5.45. The van der Waals surface area contributed by atoms with E-state index in [-0.39, 0.29) is 18.7 Å². The zero-order chi connectivity index (χ0) is 37.5. The van der Waals surface area contributed by atoms with E-state index in [2.05, 4.69) is 38.8 Å². The lowest BCUT2D eigenvalue weighted by Gasteiger charge is -2.26. The van der Waals surface area contributed by atoms with Gasteiger partial charge in [-0.3, -0.25) is 38.4 Å². The maximum atomic E-state index is 13.2. The van der Waals surface area contributed by atoms with Gasteiger partial charge >= 0.3 is 0 Å². The van der Waals surface area contributed by atoms with Crippen LogP contribution in [0.4, 0.5) is 0 Å². The lowest BCUT2D eigenvalue weighted by Crippen LogP contribution is -2.60. The standard InChI is InChI=1S/C32H58N8O9/c1-6-7-8-9-10-11-12-16-25(43)38-22(15-13-14-17-33)29(46)40-26(21(4)41)31(48)37-20(3)28(45)39-23(18-24(34)42)30(47)36-19(2)27(44)32(49)35-5/h19-23,26,41H,6-18,33H2,1-5H3,(H2,34,42)(H,35,49)(H,36,47)(H,37,48)(H,38,43)(H,39,45)(H,40,46)/t19?,20-,21+,22-,23-,26-/m0/s1. The minimum absolute atomic E-state index is 0.236. The molecule has 17 nitrogen and oxygen atoms in total. The van der Waals surface area contributed by atoms with Crippen LogP contribution in [0.1, 0.15) is 105 Å². The molecule has 11 N–H and O–H groups in total. The van der Waals surface area contributed by atoms with Crippen molar-refractivity contribution in [1.82, 2.24) is 31.9 Å². The van der Waals surface area contributed by atoms with Gasteiger partial charge in [0, 0.05) is 13.5 Å². The van der Waals surface area contributed by atoms with Crippen LogP contribution in [0.15, 0.2) is 0 Å². The molecule has 0 spiro atoms. The molecule has 0 heterocycles. The smallest absolute Gasteiger partial charge is 0.289 e. The zero-order valence-corrected chi connectivity index (χ0v) is 29.5. The van der Waals surface area contributed by atoms with Crippen LogP contribution in [0.5, 0.6) is 0 Å². The van der Waals surface area contributed by atoms with Crippen molar-refractivity contribution >= 4 is 47.1 Å². The first kappa shape index (κ1) is 44.9. The monoisotopic (exact) mass is 698 g/mol. The third kappa shape index (κ3) is 18.9. The summed E-state index contributed by atoms with van der Waals surface area (Å²) in [6.45, 7) is 6.27. The van der Waals surface area contributed by atoms with Crippen molar-refractivity contribution in [3.63, 3.8) is 0 Å². The minimum Gasteiger partial charge on any atom is -0.391 e. The number of aliphatic hydroxyl groups is 1. The summed E-state index contributed by atoms with van der Waals surface area (Å²) in [6, 6.07) is -6.72. The average Bonchev–Trinajstić information content (AvgIpc) is 3.04. The van der Waals surface area contributed by atoms with Crippen molar-refractivity contribution in [3.05, 3.63) is 0 Å². The number of carbonyl (C=O) groups excluding carboxylic acids is 8. The van der Waals surface area contributed by atoms with Crippen molar-refractivity contribution in [1.29, 1.82) is 0 Å². The zero-order valence-electron chi connectivity index (χ0n) is 29.5. The van der Waals surface area contributed by atoms with Crippen LogP contribution >= 0.6 is 0 Å². The number of ketones is 1. The highest BCUT2D eigenvalue weighted by atomic mass is 16.3. The second kappa shape index (κ2) is 24.9. The molecule has 0 fully saturated rings. The number of hydrogen-bond donors (Lipinski definition) is 9. The van der Waals surface area contributed by atoms with E-state index in [0.29, 0.717) is 25.8 Å². The summed E-state index contributed by atoms with van der Waals surface area (Å²) in [5, 5.41) is 24.5. The predicted octanol–water partition coefficient (Wildman–Crippen LogP) is -1.71. The summed E-state index contributed by atoms with van der Waals surface area (Å²) in [4.78, 5) is 99.9. The van der Waals surface area contributed by atoms with Gasteiger partial charge in [-0.2, -0.15) is 0 Å². The van der Waals surface area contributed by atoms with E-state index in [1.54, 1.807) is 0 Å². The van der Waals surface area contributed by atoms with Crippen molar-refractivity contribution in [2.24, 2.45) is 11.5 Å². The van der Waals surface area contributed by atoms with Crippen LogP contribution < -0.4 is 43.4 Å². The van der Waals surface area contributed by atoms with Crippen molar-refractivity contribution < 1.29 is 43.5 Å². The SMILES string of the molecule is CCCCCCCCCC(=O)N[C@@H](CCCCN)C(=O)N[C@H](C(=O)N[C@@H](C)C(=O)N[C@@H](CC(N)=O)C(=O)NC(C)C(=O)C(=O)NC)[C@@H](C)O. The quantitative estimate of drug-likeness (QED) is 0.0364. The molecule has 49 heavy (non-hydrogen) atoms. The normalized spacial score (nSPS) is 14.5. The first-order chi connectivity index (χ1) is 23.1. The van der Waals surface area contributed by atoms with Crippen LogP contribution in [-0.2, 0) is 38.4 Å². The van der Waals surface area contributed by atoms with Gasteiger partial charge in [-0.05, 0) is 53.0 Å². The minimum atomic E-state index is -1.56. The van der Waals surface area contributed by atoms with E-state index in [1.807, 2.05) is 0 Å². The van der Waals surface area contributed by atoms with Gasteiger partial charge < -0.3 is 48.5 Å². The number of unbranched alkanes of at least 4 members (excludes halogenated alkanes) is 7. The third-order valence-corrected chi connectivity index (χ3v) is 7.66. The van der Waals surface area contributed by atoms with Crippen LogP contribution in [0.3, 0.4) is 0 Å². The second-order valence-electron chi connectivity index (χ2n) is 12.1. The molecule has 0 saturated carbocycles. The molecule has 0 bridgehead atoms. The molecule has 7 amide bonds. The number of nitrogens with two attached hydrogens (primary N) is 2. The summed E-state index contributed by atoms with van der Waals surface area (Å²) >= 11 is 0. The number of amides is 7. The van der Waals surface area contributed by atoms with E-state index < -0.39 is 84.0 Å². The van der Waals surface area contributed by atoms with Gasteiger partial charge in [-0.1, -0.05) is 45.4 Å². The fraction of sp³-hybridized carbons (Fsp3) is 0.750. The molecule has 0 aliphatic heterocycles. The number of Topliss-reactive ketones (excluding diaryl/α,β-unsaturated/α-hetero) is 1. The first-order valence-corrected chi connectivity index (χ1v) is 17.0. The van der Waals surface area contributed by atoms with Crippen molar-refractivity contribution in [2.45, 2.75) is 141 Å². The van der Waals surface area contributed by atoms with Crippen molar-refractivity contribution in [2.75, 3.05) is 13.6 Å². The number of likely N-dealkylation sites (N-methyl/N-ethyl adjacent to an activating group) is 1. The van der Waals surface area contributed by atoms with Crippen LogP contribution in [0.2, 0.25) is 0 Å². The number of rotatable bonds is 26. The van der Waals surface area contributed by atoms with E-state index in [0.717, 1.165) is 32.1 Å². The van der Waals surface area contributed by atoms with Gasteiger partial charge in [-0.25, -0.2) is 0 Å². The molecule has 0 radical (unpaired) electrons. The van der Waals surface area contributed by atoms with Gasteiger partial charge in [-0.15, -0.1) is 0 Å². The van der Waals surface area contributed by atoms with E-state index in [1.165, 1.54) is 34.2 Å². The Bertz CT molecular complexity index is 1120. The van der Waals surface area contributed by atoms with Gasteiger partial charge in [0.05, 0.1) is 18.6 Å². The van der Waals surface area contributed by atoms with Crippen LogP contribution in [-0.4, -0.2) is 102 Å². The van der Waals surface area contributed by atoms with E-state index in [4.69, 9.17) is 11.5 Å². The van der Waals surface area contributed by atoms with Gasteiger partial charge in [0.15, 0.2) is 0 Å². The molecular weight excluding hydrogens is 640 g/mol. The maximum Gasteiger partial charge on any atom is 0.289 e. The highest BCUT2D eigenvalue weighted by Gasteiger charge is 2.33. The summed E-state index contributed by atoms with van der Waals surface area (Å²) < 4.78 is 0. The topological polar surface area (TPSA) is 281 Å². The molecule has 0 aromatic heterocycles. The molecule has 0 aliphatic rings. The average molecular weight is 699 g/mol. The number of nitrogens with one attached hydrogen (secondary N) is 6. The number of carbonyl (C=O) groups is 8. The number of aliphatic hydroxyl groups excluding tert-OH is 1. The lowest BCUT2D eigenvalue weighted by molar-refractivity contribution is -0.140. The highest BCUT2D eigenvalue weighted by Crippen LogP contribution is 2.09. The number of primary amides is 1. The Morgan fingerprint density at radius 3 is 1.78 bits per heavy atom. The molecule has 0 aliphatic carbocycles. The molecule has 280 valence electrons. The molecular formula is C32H58N8O9. The summed E-state index contributed by atoms with van der Waals surface area (Å²) in [7, 11) is 1.23. The van der Waals surface area contributed by atoms with Crippen LogP contribution in [0.25, 0.3) is 0 Å². The van der Waals surface area contributed by atoms with Gasteiger partial charge in [0.2, 0.25) is 41.2 Å². The van der Waals surface area contributed by atoms with E-state index >= 15 is 0 Å². The molecule has 0 aromatic carbocycles. The summed E-state index contributed by atoms with van der Waals surface area (Å²) in [5.41, 5.74) is 10.8. The Morgan fingerprint density at radius 1 is 0.653 bits per heavy atom.